The Morgan fingerprint density at radius 3 is 2.36 bits per heavy atom. The van der Waals surface area contributed by atoms with E-state index in [1.165, 1.54) is 5.56 Å². The molecule has 1 aliphatic heterocycles. The number of aromatic nitrogens is 3. The van der Waals surface area contributed by atoms with E-state index >= 15 is 0 Å². The largest absolute Gasteiger partial charge is 0.509 e. The second-order valence-corrected chi connectivity index (χ2v) is 14.1. The van der Waals surface area contributed by atoms with Crippen LogP contribution in [0.2, 0.25) is 0 Å². The first-order valence-electron chi connectivity index (χ1n) is 17.3. The minimum atomic E-state index is -0.0174. The molecule has 1 aliphatic rings. The van der Waals surface area contributed by atoms with Crippen molar-refractivity contribution in [2.75, 3.05) is 9.80 Å². The third kappa shape index (κ3) is 5.46. The predicted octanol–water partition coefficient (Wildman–Crippen LogP) is 11.6. The molecule has 0 saturated heterocycles. The van der Waals surface area contributed by atoms with Crippen LogP contribution in [0.5, 0.6) is 11.5 Å². The van der Waals surface area contributed by atoms with Gasteiger partial charge in [0.2, 0.25) is 0 Å². The second kappa shape index (κ2) is 12.6. The molecule has 0 atom stereocenters. The molecule has 8 heteroatoms. The fraction of sp³-hybridized carbons (Fsp3) is 0.0889. The molecule has 9 aromatic rings. The maximum absolute atomic E-state index is 6.51. The van der Waals surface area contributed by atoms with Gasteiger partial charge in [0, 0.05) is 73.1 Å². The number of ether oxygens (including phenoxy) is 1. The summed E-state index contributed by atoms with van der Waals surface area (Å²) in [7, 11) is 0. The third-order valence-electron chi connectivity index (χ3n) is 9.80. The predicted molar refractivity (Wildman–Crippen MR) is 208 cm³/mol. The van der Waals surface area contributed by atoms with Crippen molar-refractivity contribution in [2.45, 2.75) is 26.2 Å². The Balaban J connectivity index is 0.00000372. The first-order valence-corrected chi connectivity index (χ1v) is 17.3. The zero-order valence-corrected chi connectivity index (χ0v) is 31.4. The number of anilines is 4. The zero-order valence-electron chi connectivity index (χ0n) is 29.1. The number of pyridine rings is 2. The van der Waals surface area contributed by atoms with Gasteiger partial charge in [-0.2, -0.15) is 12.1 Å². The monoisotopic (exact) mass is 869 g/mol. The van der Waals surface area contributed by atoms with E-state index in [9.17, 15) is 0 Å². The average Bonchev–Trinajstić information content (AvgIpc) is 3.84. The first kappa shape index (κ1) is 33.0. The fourth-order valence-electron chi connectivity index (χ4n) is 7.25. The molecule has 5 aromatic carbocycles. The van der Waals surface area contributed by atoms with Crippen LogP contribution < -0.4 is 14.5 Å². The maximum Gasteiger partial charge on any atom is 0.156 e. The van der Waals surface area contributed by atoms with E-state index in [4.69, 9.17) is 14.1 Å². The number of fused-ring (bicyclic) bond motifs is 7. The van der Waals surface area contributed by atoms with Crippen LogP contribution in [0.1, 0.15) is 26.3 Å². The molecule has 0 saturated carbocycles. The molecule has 7 nitrogen and oxygen atoms in total. The number of hydrogen-bond donors (Lipinski definition) is 0. The Hall–Kier alpha value is -5.91. The summed E-state index contributed by atoms with van der Waals surface area (Å²) in [6, 6.07) is 46.1. The SMILES string of the molecule is CC(C)(C)c1ccnc(-n2c3[c-]c(Oc4[c-]c(N5[CH-]N(c6cccc7c6oc6ccccc67)c6ccncc65)ccc4)ccc3c3ccccc32)c1.[Pt]. The number of nitrogens with zero attached hydrogens (tertiary/aromatic N) is 5. The quantitative estimate of drug-likeness (QED) is 0.161. The second-order valence-electron chi connectivity index (χ2n) is 14.1. The molecule has 10 rings (SSSR count). The van der Waals surface area contributed by atoms with Crippen molar-refractivity contribution in [3.05, 3.63) is 158 Å². The number of furan rings is 1. The smallest absolute Gasteiger partial charge is 0.156 e. The summed E-state index contributed by atoms with van der Waals surface area (Å²) >= 11 is 0. The van der Waals surface area contributed by atoms with Gasteiger partial charge in [0.1, 0.15) is 11.4 Å². The average molecular weight is 870 g/mol. The molecule has 4 aromatic heterocycles. The van der Waals surface area contributed by atoms with Crippen molar-refractivity contribution >= 4 is 66.5 Å². The van der Waals surface area contributed by atoms with Crippen molar-refractivity contribution in [3.8, 4) is 17.3 Å². The summed E-state index contributed by atoms with van der Waals surface area (Å²) in [5.74, 6) is 2.00. The van der Waals surface area contributed by atoms with Crippen molar-refractivity contribution in [2.24, 2.45) is 0 Å². The number of para-hydroxylation sites is 3. The normalized spacial score (nSPS) is 12.9. The van der Waals surface area contributed by atoms with Crippen LogP contribution in [0.3, 0.4) is 0 Å². The number of rotatable bonds is 5. The number of hydrogen-bond acceptors (Lipinski definition) is 6. The Bertz CT molecular complexity index is 2830. The molecule has 262 valence electrons. The van der Waals surface area contributed by atoms with Crippen LogP contribution in [0.15, 0.2) is 138 Å². The molecule has 0 aliphatic carbocycles. The van der Waals surface area contributed by atoms with Gasteiger partial charge < -0.3 is 23.5 Å². The van der Waals surface area contributed by atoms with Gasteiger partial charge in [0.05, 0.1) is 11.4 Å². The first-order chi connectivity index (χ1) is 25.4. The molecule has 0 bridgehead atoms. The van der Waals surface area contributed by atoms with E-state index < -0.39 is 0 Å². The van der Waals surface area contributed by atoms with E-state index in [2.05, 4.69) is 126 Å². The molecular formula is C45H32N5O2Pt-3. The standard InChI is InChI=1S/C45H32N5O2.Pt/c1-45(2,3)29-20-23-47-43(24-29)50-37-15-6-4-12-33(37)34-19-18-32(26-40(34)50)51-31-11-8-10-30(25-31)48-28-49(38-21-22-46-27-41(38)48)39-16-9-14-36-35-13-5-7-17-42(35)52-44(36)39;/h4-24,27-28H,1-3H3;/q-3;. The summed E-state index contributed by atoms with van der Waals surface area (Å²) in [4.78, 5) is 13.5. The van der Waals surface area contributed by atoms with E-state index in [0.29, 0.717) is 11.5 Å². The Kier molecular flexibility index (Phi) is 7.86. The molecule has 0 amide bonds. The van der Waals surface area contributed by atoms with E-state index in [1.807, 2.05) is 67.1 Å². The molecule has 0 spiro atoms. The van der Waals surface area contributed by atoms with Crippen LogP contribution >= 0.6 is 0 Å². The van der Waals surface area contributed by atoms with Gasteiger partial charge in [0.25, 0.3) is 0 Å². The van der Waals surface area contributed by atoms with Crippen molar-refractivity contribution in [3.63, 3.8) is 0 Å². The Labute approximate surface area is 321 Å². The Morgan fingerprint density at radius 1 is 0.679 bits per heavy atom. The van der Waals surface area contributed by atoms with Gasteiger partial charge in [-0.15, -0.1) is 48.1 Å². The van der Waals surface area contributed by atoms with Crippen molar-refractivity contribution in [1.29, 1.82) is 0 Å². The number of benzene rings is 5. The topological polar surface area (TPSA) is 59.6 Å². The molecule has 0 radical (unpaired) electrons. The Morgan fingerprint density at radius 2 is 1.47 bits per heavy atom. The molecular weight excluding hydrogens is 838 g/mol. The summed E-state index contributed by atoms with van der Waals surface area (Å²) in [5.41, 5.74) is 8.51. The maximum atomic E-state index is 6.51. The van der Waals surface area contributed by atoms with Gasteiger partial charge in [-0.1, -0.05) is 74.8 Å². The van der Waals surface area contributed by atoms with E-state index in [1.54, 1.807) is 0 Å². The minimum absolute atomic E-state index is 0. The summed E-state index contributed by atoms with van der Waals surface area (Å²) in [6.07, 6.45) is 5.57. The van der Waals surface area contributed by atoms with Crippen LogP contribution in [0.4, 0.5) is 22.7 Å². The van der Waals surface area contributed by atoms with Gasteiger partial charge in [0.15, 0.2) is 5.58 Å². The van der Waals surface area contributed by atoms with Gasteiger partial charge in [-0.05, 0) is 52.8 Å². The molecule has 53 heavy (non-hydrogen) atoms. The summed E-state index contributed by atoms with van der Waals surface area (Å²) in [5, 5.41) is 4.38. The summed E-state index contributed by atoms with van der Waals surface area (Å²) < 4.78 is 15.1. The van der Waals surface area contributed by atoms with Gasteiger partial charge >= 0.3 is 0 Å². The van der Waals surface area contributed by atoms with Gasteiger partial charge in [-0.25, -0.2) is 4.98 Å². The van der Waals surface area contributed by atoms with Gasteiger partial charge in [-0.3, -0.25) is 4.98 Å². The minimum Gasteiger partial charge on any atom is -0.509 e. The van der Waals surface area contributed by atoms with Crippen LogP contribution in [0, 0.1) is 18.8 Å². The summed E-state index contributed by atoms with van der Waals surface area (Å²) in [6.45, 7) is 8.70. The van der Waals surface area contributed by atoms with Crippen LogP contribution in [-0.4, -0.2) is 14.5 Å². The molecule has 0 fully saturated rings. The van der Waals surface area contributed by atoms with Crippen molar-refractivity contribution < 1.29 is 30.2 Å². The fourth-order valence-corrected chi connectivity index (χ4v) is 7.25. The third-order valence-corrected chi connectivity index (χ3v) is 9.80. The molecule has 0 unspecified atom stereocenters. The van der Waals surface area contributed by atoms with Crippen LogP contribution in [0.25, 0.3) is 49.6 Å². The van der Waals surface area contributed by atoms with Crippen LogP contribution in [-0.2, 0) is 26.5 Å². The zero-order chi connectivity index (χ0) is 35.0. The molecule has 5 heterocycles. The van der Waals surface area contributed by atoms with E-state index in [-0.39, 0.29) is 26.5 Å². The molecule has 0 N–H and O–H groups in total. The van der Waals surface area contributed by atoms with E-state index in [0.717, 1.165) is 72.3 Å². The van der Waals surface area contributed by atoms with Crippen molar-refractivity contribution in [1.82, 2.24) is 14.5 Å².